The highest BCUT2D eigenvalue weighted by atomic mass is 35.5. The second-order valence-electron chi connectivity index (χ2n) is 18.4. The smallest absolute Gasteiger partial charge is 0.262 e. The van der Waals surface area contributed by atoms with E-state index in [1.54, 1.807) is 0 Å². The number of nitrogens with one attached hydrogen (secondary N) is 1. The summed E-state index contributed by atoms with van der Waals surface area (Å²) in [6, 6.07) is 13.2. The molecule has 2 aromatic carbocycles. The van der Waals surface area contributed by atoms with Crippen molar-refractivity contribution in [3.63, 3.8) is 0 Å². The number of ether oxygens (including phenoxy) is 2. The van der Waals surface area contributed by atoms with Gasteiger partial charge in [-0.05, 0) is 124 Å². The van der Waals surface area contributed by atoms with Gasteiger partial charge in [-0.2, -0.15) is 0 Å². The van der Waals surface area contributed by atoms with Crippen molar-refractivity contribution in [1.82, 2.24) is 19.4 Å². The minimum absolute atomic E-state index is 0.0318. The molecule has 4 heterocycles. The molecule has 1 saturated carbocycles. The van der Waals surface area contributed by atoms with Gasteiger partial charge >= 0.3 is 0 Å². The maximum absolute atomic E-state index is 14.1. The van der Waals surface area contributed by atoms with Crippen molar-refractivity contribution in [3.8, 4) is 5.75 Å². The van der Waals surface area contributed by atoms with Gasteiger partial charge in [-0.25, -0.2) is 4.21 Å². The summed E-state index contributed by atoms with van der Waals surface area (Å²) in [6.45, 7) is 18.3. The lowest BCUT2D eigenvalue weighted by atomic mass is 9.63. The zero-order valence-corrected chi connectivity index (χ0v) is 35.9. The van der Waals surface area contributed by atoms with Gasteiger partial charge in [0.1, 0.15) is 11.4 Å². The molecule has 1 spiro atoms. The van der Waals surface area contributed by atoms with E-state index < -0.39 is 15.3 Å². The molecule has 0 radical (unpaired) electrons. The van der Waals surface area contributed by atoms with Crippen molar-refractivity contribution >= 4 is 38.8 Å². The van der Waals surface area contributed by atoms with Gasteiger partial charge in [-0.1, -0.05) is 36.7 Å². The summed E-state index contributed by atoms with van der Waals surface area (Å²) >= 11 is 6.55. The van der Waals surface area contributed by atoms with Crippen LogP contribution in [0.5, 0.6) is 5.75 Å². The van der Waals surface area contributed by atoms with E-state index in [1.165, 1.54) is 11.1 Å². The minimum atomic E-state index is -2.96. The number of benzene rings is 2. The van der Waals surface area contributed by atoms with Crippen LogP contribution in [-0.4, -0.2) is 126 Å². The molecule has 8 rings (SSSR count). The molecular weight excluding hydrogens is 742 g/mol. The Hall–Kier alpha value is -2.60. The number of piperazine rings is 2. The Morgan fingerprint density at radius 1 is 1.07 bits per heavy atom. The van der Waals surface area contributed by atoms with Crippen LogP contribution in [0.25, 0.3) is 0 Å². The number of anilines is 1. The summed E-state index contributed by atoms with van der Waals surface area (Å²) in [4.78, 5) is 24.4. The Labute approximate surface area is 341 Å². The average molecular weight is 807 g/mol. The van der Waals surface area contributed by atoms with E-state index in [2.05, 4.69) is 75.2 Å². The molecule has 2 aromatic rings. The van der Waals surface area contributed by atoms with Gasteiger partial charge in [0, 0.05) is 99.3 Å². The lowest BCUT2D eigenvalue weighted by Gasteiger charge is -2.54. The van der Waals surface area contributed by atoms with Gasteiger partial charge in [0.05, 0.1) is 22.0 Å². The third-order valence-electron chi connectivity index (χ3n) is 14.8. The van der Waals surface area contributed by atoms with Crippen LogP contribution < -0.4 is 14.4 Å². The first-order valence-electron chi connectivity index (χ1n) is 21.2. The fourth-order valence-corrected chi connectivity index (χ4v) is 12.6. The van der Waals surface area contributed by atoms with Crippen LogP contribution in [0.4, 0.5) is 5.69 Å². The first-order chi connectivity index (χ1) is 26.8. The van der Waals surface area contributed by atoms with Crippen molar-refractivity contribution < 1.29 is 18.5 Å². The summed E-state index contributed by atoms with van der Waals surface area (Å²) in [6.07, 6.45) is 10.7. The predicted molar refractivity (Wildman–Crippen MR) is 230 cm³/mol. The number of amides is 1. The number of methoxy groups -OCH3 is 1. The molecule has 2 saturated heterocycles. The van der Waals surface area contributed by atoms with Crippen molar-refractivity contribution in [1.29, 1.82) is 0 Å². The van der Waals surface area contributed by atoms with Crippen molar-refractivity contribution in [2.24, 2.45) is 17.8 Å². The quantitative estimate of drug-likeness (QED) is 0.286. The normalized spacial score (nSPS) is 36.4. The van der Waals surface area contributed by atoms with Crippen LogP contribution in [0, 0.1) is 17.8 Å². The van der Waals surface area contributed by atoms with Gasteiger partial charge in [0.2, 0.25) is 0 Å². The number of hydrogen-bond acceptors (Lipinski definition) is 8. The summed E-state index contributed by atoms with van der Waals surface area (Å²) in [5.41, 5.74) is 3.32. The van der Waals surface area contributed by atoms with Gasteiger partial charge in [-0.15, -0.1) is 0 Å². The maximum Gasteiger partial charge on any atom is 0.262 e. The number of fused-ring (bicyclic) bond motifs is 5. The van der Waals surface area contributed by atoms with E-state index in [9.17, 15) is 9.00 Å². The third-order valence-corrected chi connectivity index (χ3v) is 17.2. The Balaban J connectivity index is 1.17. The molecule has 3 fully saturated rings. The van der Waals surface area contributed by atoms with Crippen LogP contribution in [0.3, 0.4) is 0 Å². The molecule has 2 bridgehead atoms. The fraction of sp³-hybridized carbons (Fsp3) is 0.644. The highest BCUT2D eigenvalue weighted by Gasteiger charge is 2.50. The van der Waals surface area contributed by atoms with Crippen molar-refractivity contribution in [2.75, 3.05) is 77.5 Å². The zero-order chi connectivity index (χ0) is 39.4. The highest BCUT2D eigenvalue weighted by Crippen LogP contribution is 2.49. The Morgan fingerprint density at radius 3 is 2.66 bits per heavy atom. The van der Waals surface area contributed by atoms with E-state index >= 15 is 0 Å². The molecule has 6 aliphatic rings. The van der Waals surface area contributed by atoms with E-state index in [0.717, 1.165) is 114 Å². The predicted octanol–water partition coefficient (Wildman–Crippen LogP) is 6.28. The Kier molecular flexibility index (Phi) is 11.4. The van der Waals surface area contributed by atoms with Gasteiger partial charge in [-0.3, -0.25) is 24.2 Å². The molecule has 2 aliphatic carbocycles. The van der Waals surface area contributed by atoms with Crippen molar-refractivity contribution in [3.05, 3.63) is 70.3 Å². The Morgan fingerprint density at radius 2 is 1.89 bits per heavy atom. The number of carbonyl (C=O) groups excluding carboxylic acids is 1. The molecule has 56 heavy (non-hydrogen) atoms. The standard InChI is InChI=1S/C45H64ClN5O4S/c1-31(2)50-22-21-49-20-19-48(26-38(49)27-50)29-45(54-5)18-7-9-32(3)33(4)56(6,53)47-43(52)35-12-16-42-41(24-35)51(25-36-11-14-40(36)45)28-44(30-55-42)17-8-10-34-23-37(46)13-15-39(34)44/h7,12-13,15-16,18,23-24,31-33,36,38,40H,6,8-11,14,17,19-22,25-30H2,1-5H3,(H,47,52,53)/b18-7+/t32-,33+,36-,38-,40+,44-,45+,56?/m0/s1. The molecule has 1 unspecified atom stereocenters. The van der Waals surface area contributed by atoms with E-state index in [0.29, 0.717) is 36.1 Å². The molecule has 306 valence electrons. The number of carbonyl (C=O) groups is 1. The number of halogens is 1. The van der Waals surface area contributed by atoms with E-state index in [4.69, 9.17) is 21.1 Å². The fourth-order valence-electron chi connectivity index (χ4n) is 10.9. The zero-order valence-electron chi connectivity index (χ0n) is 34.3. The average Bonchev–Trinajstić information content (AvgIpc) is 3.31. The van der Waals surface area contributed by atoms with E-state index in [1.807, 2.05) is 38.3 Å². The molecule has 1 N–H and O–H groups in total. The molecular formula is C45H64ClN5O4S. The van der Waals surface area contributed by atoms with Gasteiger partial charge in [0.15, 0.2) is 0 Å². The summed E-state index contributed by atoms with van der Waals surface area (Å²) in [7, 11) is -1.04. The first kappa shape index (κ1) is 40.2. The minimum Gasteiger partial charge on any atom is -0.490 e. The molecule has 0 aromatic heterocycles. The summed E-state index contributed by atoms with van der Waals surface area (Å²) < 4.78 is 30.6. The van der Waals surface area contributed by atoms with Crippen LogP contribution in [0.15, 0.2) is 48.6 Å². The third kappa shape index (κ3) is 7.68. The molecule has 8 atom stereocenters. The second-order valence-corrected chi connectivity index (χ2v) is 21.2. The topological polar surface area (TPSA) is 77.6 Å². The molecule has 11 heteroatoms. The summed E-state index contributed by atoms with van der Waals surface area (Å²) in [5.74, 6) is 5.25. The lowest BCUT2D eigenvalue weighted by Crippen LogP contribution is -2.65. The van der Waals surface area contributed by atoms with Crippen molar-refractivity contribution in [2.45, 2.75) is 94.6 Å². The van der Waals surface area contributed by atoms with Crippen LogP contribution in [-0.2, 0) is 26.3 Å². The number of nitrogens with zero attached hydrogens (tertiary/aromatic N) is 4. The molecule has 4 aliphatic heterocycles. The SMILES string of the molecule is C=S1(=O)NC(=O)c2ccc3c(c2)N(C[C@@H]2CC[C@H]2[C@@](CN2CCN4CCN(C(C)C)C[C@@H]4C2)(OC)/C=C/C[C@H](C)[C@H]1C)C[C@@]1(CCCc2cc(Cl)ccc21)CO3. The largest absolute Gasteiger partial charge is 0.490 e. The Bertz CT molecular complexity index is 1920. The highest BCUT2D eigenvalue weighted by molar-refractivity contribution is 7.99. The van der Waals surface area contributed by atoms with Crippen LogP contribution >= 0.6 is 11.6 Å². The molecule has 1 amide bonds. The molecule has 9 nitrogen and oxygen atoms in total. The van der Waals surface area contributed by atoms with Gasteiger partial charge in [0.25, 0.3) is 5.91 Å². The van der Waals surface area contributed by atoms with Gasteiger partial charge < -0.3 is 14.4 Å². The monoisotopic (exact) mass is 805 g/mol. The van der Waals surface area contributed by atoms with Crippen LogP contribution in [0.1, 0.15) is 81.3 Å². The lowest BCUT2D eigenvalue weighted by molar-refractivity contribution is -0.102. The van der Waals surface area contributed by atoms with E-state index in [-0.39, 0.29) is 22.5 Å². The number of allylic oxidation sites excluding steroid dienone is 1. The second kappa shape index (κ2) is 15.9. The first-order valence-corrected chi connectivity index (χ1v) is 23.4. The number of rotatable bonds is 4. The maximum atomic E-state index is 14.1. The van der Waals surface area contributed by atoms with Crippen LogP contribution in [0.2, 0.25) is 5.02 Å². The number of hydrogen-bond donors (Lipinski definition) is 1. The summed E-state index contributed by atoms with van der Waals surface area (Å²) in [5, 5.41) is 0.439. The number of aryl methyl sites for hydroxylation is 1.